The summed E-state index contributed by atoms with van der Waals surface area (Å²) in [6.07, 6.45) is 1.58. The van der Waals surface area contributed by atoms with E-state index in [2.05, 4.69) is 5.32 Å². The Labute approximate surface area is 190 Å². The number of carbonyl (C=O) groups excluding carboxylic acids is 2. The molecule has 1 heterocycles. The molecular formula is C26H22N2O5. The maximum Gasteiger partial charge on any atom is 0.340 e. The summed E-state index contributed by atoms with van der Waals surface area (Å²) in [7, 11) is 0. The first-order valence-corrected chi connectivity index (χ1v) is 10.5. The number of carboxylic acid groups (broad SMARTS) is 1. The number of amides is 1. The van der Waals surface area contributed by atoms with E-state index in [1.165, 1.54) is 6.20 Å². The van der Waals surface area contributed by atoms with E-state index in [9.17, 15) is 19.5 Å². The molecule has 0 saturated heterocycles. The van der Waals surface area contributed by atoms with E-state index in [4.69, 9.17) is 4.74 Å². The van der Waals surface area contributed by atoms with Gasteiger partial charge in [-0.3, -0.25) is 4.79 Å². The van der Waals surface area contributed by atoms with Crippen LogP contribution < -0.4 is 5.32 Å². The molecule has 7 nitrogen and oxygen atoms in total. The van der Waals surface area contributed by atoms with E-state index in [1.54, 1.807) is 23.6 Å². The summed E-state index contributed by atoms with van der Waals surface area (Å²) in [5.74, 6) is -2.22. The van der Waals surface area contributed by atoms with Crippen LogP contribution in [0.5, 0.6) is 0 Å². The molecule has 0 aliphatic heterocycles. The lowest BCUT2D eigenvalue weighted by molar-refractivity contribution is -0.115. The molecule has 4 rings (SSSR count). The Balaban J connectivity index is 1.86. The molecule has 166 valence electrons. The van der Waals surface area contributed by atoms with Crippen LogP contribution in [-0.4, -0.2) is 34.1 Å². The molecule has 4 aromatic rings. The molecular weight excluding hydrogens is 420 g/mol. The second-order valence-corrected chi connectivity index (χ2v) is 7.37. The molecule has 0 saturated carbocycles. The van der Waals surface area contributed by atoms with Crippen LogP contribution in [0.3, 0.4) is 0 Å². The van der Waals surface area contributed by atoms with Crippen molar-refractivity contribution >= 4 is 34.4 Å². The zero-order valence-corrected chi connectivity index (χ0v) is 17.9. The average Bonchev–Trinajstić information content (AvgIpc) is 3.20. The minimum Gasteiger partial charge on any atom is -0.478 e. The maximum absolute atomic E-state index is 13.0. The molecule has 7 heteroatoms. The van der Waals surface area contributed by atoms with E-state index in [0.29, 0.717) is 5.52 Å². The fraction of sp³-hybridized carbons (Fsp3) is 0.115. The third-order valence-electron chi connectivity index (χ3n) is 5.20. The van der Waals surface area contributed by atoms with Crippen LogP contribution in [0.1, 0.15) is 33.2 Å². The van der Waals surface area contributed by atoms with Crippen molar-refractivity contribution in [1.82, 2.24) is 4.57 Å². The standard InChI is InChI=1S/C26H22N2O5/c1-2-33-26(32)24-20(27-22(29)15-17-9-5-3-6-10-17)13-14-21-23(24)19(25(30)31)16-28(21)18-11-7-4-8-12-18/h3-14,16H,2,15H2,1H3,(H,27,29)(H,30,31). The molecule has 2 N–H and O–H groups in total. The lowest BCUT2D eigenvalue weighted by Crippen LogP contribution is -2.18. The van der Waals surface area contributed by atoms with Gasteiger partial charge in [0.05, 0.1) is 35.4 Å². The summed E-state index contributed by atoms with van der Waals surface area (Å²) in [5.41, 5.74) is 2.23. The van der Waals surface area contributed by atoms with E-state index in [1.807, 2.05) is 60.7 Å². The van der Waals surface area contributed by atoms with Gasteiger partial charge in [-0.1, -0.05) is 48.5 Å². The summed E-state index contributed by atoms with van der Waals surface area (Å²) in [6.45, 7) is 1.77. The molecule has 0 aliphatic rings. The highest BCUT2D eigenvalue weighted by Gasteiger charge is 2.26. The molecule has 0 spiro atoms. The Bertz CT molecular complexity index is 1330. The first-order valence-electron chi connectivity index (χ1n) is 10.5. The number of ether oxygens (including phenoxy) is 1. The second-order valence-electron chi connectivity index (χ2n) is 7.37. The lowest BCUT2D eigenvalue weighted by Gasteiger charge is -2.13. The summed E-state index contributed by atoms with van der Waals surface area (Å²) in [4.78, 5) is 37.8. The van der Waals surface area contributed by atoms with Crippen LogP contribution >= 0.6 is 0 Å². The van der Waals surface area contributed by atoms with Gasteiger partial charge in [0.1, 0.15) is 0 Å². The van der Waals surface area contributed by atoms with Crippen LogP contribution in [-0.2, 0) is 16.0 Å². The van der Waals surface area contributed by atoms with Crippen molar-refractivity contribution in [3.8, 4) is 5.69 Å². The average molecular weight is 442 g/mol. The van der Waals surface area contributed by atoms with Gasteiger partial charge in [0, 0.05) is 17.3 Å². The van der Waals surface area contributed by atoms with Gasteiger partial charge in [0.25, 0.3) is 0 Å². The van der Waals surface area contributed by atoms with Crippen molar-refractivity contribution in [2.75, 3.05) is 11.9 Å². The zero-order chi connectivity index (χ0) is 23.4. The quantitative estimate of drug-likeness (QED) is 0.405. The van der Waals surface area contributed by atoms with Crippen LogP contribution in [0, 0.1) is 0 Å². The van der Waals surface area contributed by atoms with Gasteiger partial charge in [-0.05, 0) is 36.8 Å². The van der Waals surface area contributed by atoms with E-state index >= 15 is 0 Å². The minimum absolute atomic E-state index is 0.0165. The Morgan fingerprint density at radius 2 is 1.61 bits per heavy atom. The Kier molecular flexibility index (Phi) is 6.22. The molecule has 0 unspecified atom stereocenters. The number of esters is 1. The van der Waals surface area contributed by atoms with Crippen LogP contribution in [0.4, 0.5) is 5.69 Å². The van der Waals surface area contributed by atoms with Crippen molar-refractivity contribution in [2.45, 2.75) is 13.3 Å². The number of anilines is 1. The van der Waals surface area contributed by atoms with Crippen molar-refractivity contribution in [2.24, 2.45) is 0 Å². The number of rotatable bonds is 7. The number of carbonyl (C=O) groups is 3. The minimum atomic E-state index is -1.19. The fourth-order valence-electron chi connectivity index (χ4n) is 3.79. The van der Waals surface area contributed by atoms with Gasteiger partial charge in [-0.15, -0.1) is 0 Å². The van der Waals surface area contributed by atoms with Crippen LogP contribution in [0.25, 0.3) is 16.6 Å². The van der Waals surface area contributed by atoms with Crippen molar-refractivity contribution in [3.63, 3.8) is 0 Å². The molecule has 33 heavy (non-hydrogen) atoms. The van der Waals surface area contributed by atoms with Gasteiger partial charge >= 0.3 is 11.9 Å². The van der Waals surface area contributed by atoms with E-state index in [0.717, 1.165) is 11.3 Å². The number of carboxylic acids is 1. The monoisotopic (exact) mass is 442 g/mol. The predicted octanol–water partition coefficient (Wildman–Crippen LogP) is 4.69. The summed E-state index contributed by atoms with van der Waals surface area (Å²) < 4.78 is 6.94. The van der Waals surface area contributed by atoms with Gasteiger partial charge in [0.2, 0.25) is 5.91 Å². The number of benzene rings is 3. The van der Waals surface area contributed by atoms with Gasteiger partial charge in [-0.2, -0.15) is 0 Å². The smallest absolute Gasteiger partial charge is 0.340 e. The number of nitrogens with zero attached hydrogens (tertiary/aromatic N) is 1. The van der Waals surface area contributed by atoms with Crippen LogP contribution in [0.15, 0.2) is 79.0 Å². The first kappa shape index (κ1) is 21.8. The number of fused-ring (bicyclic) bond motifs is 1. The highest BCUT2D eigenvalue weighted by Crippen LogP contribution is 2.33. The van der Waals surface area contributed by atoms with Crippen molar-refractivity contribution in [1.29, 1.82) is 0 Å². The predicted molar refractivity (Wildman–Crippen MR) is 125 cm³/mol. The highest BCUT2D eigenvalue weighted by atomic mass is 16.5. The Morgan fingerprint density at radius 1 is 0.939 bits per heavy atom. The SMILES string of the molecule is CCOC(=O)c1c(NC(=O)Cc2ccccc2)ccc2c1c(C(=O)O)cn2-c1ccccc1. The number of para-hydroxylation sites is 1. The number of nitrogens with one attached hydrogen (secondary N) is 1. The fourth-order valence-corrected chi connectivity index (χ4v) is 3.79. The summed E-state index contributed by atoms with van der Waals surface area (Å²) >= 11 is 0. The maximum atomic E-state index is 13.0. The normalized spacial score (nSPS) is 10.7. The molecule has 0 radical (unpaired) electrons. The second kappa shape index (κ2) is 9.40. The number of hydrogen-bond donors (Lipinski definition) is 2. The van der Waals surface area contributed by atoms with Gasteiger partial charge in [0.15, 0.2) is 0 Å². The largest absolute Gasteiger partial charge is 0.478 e. The van der Waals surface area contributed by atoms with Crippen molar-refractivity contribution in [3.05, 3.63) is 95.7 Å². The number of aromatic carboxylic acids is 1. The summed E-state index contributed by atoms with van der Waals surface area (Å²) in [5, 5.41) is 12.9. The highest BCUT2D eigenvalue weighted by molar-refractivity contribution is 6.17. The Hall–Kier alpha value is -4.39. The lowest BCUT2D eigenvalue weighted by atomic mass is 10.0. The zero-order valence-electron chi connectivity index (χ0n) is 17.9. The van der Waals surface area contributed by atoms with E-state index in [-0.39, 0.29) is 41.1 Å². The molecule has 1 amide bonds. The molecule has 0 bridgehead atoms. The van der Waals surface area contributed by atoms with Crippen molar-refractivity contribution < 1.29 is 24.2 Å². The molecule has 0 fully saturated rings. The molecule has 1 aromatic heterocycles. The molecule has 0 aliphatic carbocycles. The number of hydrogen-bond acceptors (Lipinski definition) is 4. The van der Waals surface area contributed by atoms with Gasteiger partial charge in [-0.25, -0.2) is 9.59 Å². The first-order chi connectivity index (χ1) is 16.0. The third-order valence-corrected chi connectivity index (χ3v) is 5.20. The molecule has 3 aromatic carbocycles. The van der Waals surface area contributed by atoms with E-state index < -0.39 is 11.9 Å². The summed E-state index contributed by atoms with van der Waals surface area (Å²) in [6, 6.07) is 21.7. The van der Waals surface area contributed by atoms with Gasteiger partial charge < -0.3 is 19.7 Å². The third kappa shape index (κ3) is 4.48. The van der Waals surface area contributed by atoms with Crippen LogP contribution in [0.2, 0.25) is 0 Å². The topological polar surface area (TPSA) is 97.6 Å². The Morgan fingerprint density at radius 3 is 2.24 bits per heavy atom. The molecule has 0 atom stereocenters. The number of aromatic nitrogens is 1.